The van der Waals surface area contributed by atoms with Gasteiger partial charge in [-0.15, -0.1) is 0 Å². The van der Waals surface area contributed by atoms with Crippen LogP contribution in [0.2, 0.25) is 0 Å². The SMILES string of the molecule is CCCCCCCCCCC(=O)CCOCCOC. The number of carbonyl (C=O) groups excluding carboxylic acids is 1. The predicted octanol–water partition coefficient (Wildman–Crippen LogP) is 4.14. The smallest absolute Gasteiger partial charge is 0.135 e. The summed E-state index contributed by atoms with van der Waals surface area (Å²) < 4.78 is 10.1. The van der Waals surface area contributed by atoms with E-state index in [1.165, 1.54) is 44.9 Å². The predicted molar refractivity (Wildman–Crippen MR) is 79.5 cm³/mol. The third kappa shape index (κ3) is 15.5. The fourth-order valence-electron chi connectivity index (χ4n) is 2.01. The number of hydrogen-bond acceptors (Lipinski definition) is 3. The summed E-state index contributed by atoms with van der Waals surface area (Å²) in [5.74, 6) is 0.336. The van der Waals surface area contributed by atoms with E-state index < -0.39 is 0 Å². The molecule has 0 spiro atoms. The molecule has 114 valence electrons. The highest BCUT2D eigenvalue weighted by atomic mass is 16.5. The molecule has 0 aliphatic heterocycles. The monoisotopic (exact) mass is 272 g/mol. The van der Waals surface area contributed by atoms with Gasteiger partial charge >= 0.3 is 0 Å². The van der Waals surface area contributed by atoms with E-state index in [4.69, 9.17) is 9.47 Å². The van der Waals surface area contributed by atoms with Crippen LogP contribution < -0.4 is 0 Å². The van der Waals surface area contributed by atoms with Crippen LogP contribution in [0.3, 0.4) is 0 Å². The van der Waals surface area contributed by atoms with Gasteiger partial charge in [0.2, 0.25) is 0 Å². The van der Waals surface area contributed by atoms with Crippen molar-refractivity contribution < 1.29 is 14.3 Å². The molecule has 0 aliphatic rings. The number of hydrogen-bond donors (Lipinski definition) is 0. The Morgan fingerprint density at radius 3 is 2.05 bits per heavy atom. The lowest BCUT2D eigenvalue weighted by Crippen LogP contribution is -2.07. The molecule has 0 saturated carbocycles. The van der Waals surface area contributed by atoms with Gasteiger partial charge in [-0.2, -0.15) is 0 Å². The van der Waals surface area contributed by atoms with E-state index >= 15 is 0 Å². The fraction of sp³-hybridized carbons (Fsp3) is 0.938. The number of ether oxygens (including phenoxy) is 2. The average Bonchev–Trinajstić information content (AvgIpc) is 2.41. The number of Topliss-reactive ketones (excluding diaryl/α,β-unsaturated/α-hetero) is 1. The fourth-order valence-corrected chi connectivity index (χ4v) is 2.01. The standard InChI is InChI=1S/C16H32O3/c1-3-4-5-6-7-8-9-10-11-16(17)12-13-19-15-14-18-2/h3-15H2,1-2H3. The largest absolute Gasteiger partial charge is 0.382 e. The lowest BCUT2D eigenvalue weighted by molar-refractivity contribution is -0.120. The van der Waals surface area contributed by atoms with E-state index in [2.05, 4.69) is 6.92 Å². The Kier molecular flexibility index (Phi) is 15.3. The second-order valence-electron chi connectivity index (χ2n) is 5.12. The lowest BCUT2D eigenvalue weighted by Gasteiger charge is -2.04. The van der Waals surface area contributed by atoms with Crippen LogP contribution in [0.4, 0.5) is 0 Å². The summed E-state index contributed by atoms with van der Waals surface area (Å²) in [6.07, 6.45) is 11.5. The van der Waals surface area contributed by atoms with Gasteiger partial charge in [0.05, 0.1) is 19.8 Å². The normalized spacial score (nSPS) is 10.8. The highest BCUT2D eigenvalue weighted by molar-refractivity contribution is 5.78. The number of carbonyl (C=O) groups is 1. The topological polar surface area (TPSA) is 35.5 Å². The Labute approximate surface area is 119 Å². The summed E-state index contributed by atoms with van der Waals surface area (Å²) in [5, 5.41) is 0. The maximum absolute atomic E-state index is 11.5. The lowest BCUT2D eigenvalue weighted by atomic mass is 10.1. The Morgan fingerprint density at radius 1 is 0.789 bits per heavy atom. The zero-order chi connectivity index (χ0) is 14.2. The van der Waals surface area contributed by atoms with Crippen molar-refractivity contribution in [2.24, 2.45) is 0 Å². The third-order valence-electron chi connectivity index (χ3n) is 3.27. The first-order chi connectivity index (χ1) is 9.31. The van der Waals surface area contributed by atoms with Crippen LogP contribution in [0.15, 0.2) is 0 Å². The summed E-state index contributed by atoms with van der Waals surface area (Å²) >= 11 is 0. The molecule has 0 aromatic rings. The van der Waals surface area contributed by atoms with E-state index in [1.807, 2.05) is 0 Å². The molecule has 3 heteroatoms. The van der Waals surface area contributed by atoms with Gasteiger partial charge in [-0.25, -0.2) is 0 Å². The molecule has 0 fully saturated rings. The van der Waals surface area contributed by atoms with Gasteiger partial charge in [-0.3, -0.25) is 4.79 Å². The molecule has 19 heavy (non-hydrogen) atoms. The van der Waals surface area contributed by atoms with Crippen LogP contribution in [-0.2, 0) is 14.3 Å². The summed E-state index contributed by atoms with van der Waals surface area (Å²) in [4.78, 5) is 11.5. The van der Waals surface area contributed by atoms with Crippen LogP contribution in [0.1, 0.15) is 71.1 Å². The Bertz CT molecular complexity index is 192. The molecule has 0 atom stereocenters. The first-order valence-corrected chi connectivity index (χ1v) is 7.89. The molecule has 0 aromatic carbocycles. The minimum Gasteiger partial charge on any atom is -0.382 e. The van der Waals surface area contributed by atoms with Crippen LogP contribution in [-0.4, -0.2) is 32.7 Å². The van der Waals surface area contributed by atoms with Crippen molar-refractivity contribution in [2.75, 3.05) is 26.9 Å². The quantitative estimate of drug-likeness (QED) is 0.420. The Balaban J connectivity index is 3.12. The van der Waals surface area contributed by atoms with Crippen molar-refractivity contribution in [2.45, 2.75) is 71.1 Å². The van der Waals surface area contributed by atoms with Crippen molar-refractivity contribution in [3.8, 4) is 0 Å². The molecule has 0 rings (SSSR count). The van der Waals surface area contributed by atoms with Crippen molar-refractivity contribution >= 4 is 5.78 Å². The van der Waals surface area contributed by atoms with E-state index in [9.17, 15) is 4.79 Å². The van der Waals surface area contributed by atoms with Crippen molar-refractivity contribution in [3.05, 3.63) is 0 Å². The van der Waals surface area contributed by atoms with Crippen molar-refractivity contribution in [1.82, 2.24) is 0 Å². The molecule has 0 amide bonds. The minimum absolute atomic E-state index is 0.336. The van der Waals surface area contributed by atoms with Crippen LogP contribution in [0, 0.1) is 0 Å². The van der Waals surface area contributed by atoms with Gasteiger partial charge in [-0.05, 0) is 6.42 Å². The second-order valence-corrected chi connectivity index (χ2v) is 5.12. The molecule has 3 nitrogen and oxygen atoms in total. The average molecular weight is 272 g/mol. The van der Waals surface area contributed by atoms with Gasteiger partial charge in [0.15, 0.2) is 0 Å². The molecule has 0 saturated heterocycles. The molecular weight excluding hydrogens is 240 g/mol. The van der Waals surface area contributed by atoms with Crippen LogP contribution in [0.5, 0.6) is 0 Å². The van der Waals surface area contributed by atoms with E-state index in [1.54, 1.807) is 7.11 Å². The molecular formula is C16H32O3. The van der Waals surface area contributed by atoms with Gasteiger partial charge in [0.1, 0.15) is 5.78 Å². The molecule has 0 heterocycles. The van der Waals surface area contributed by atoms with Crippen molar-refractivity contribution in [3.63, 3.8) is 0 Å². The number of ketones is 1. The first-order valence-electron chi connectivity index (χ1n) is 7.89. The van der Waals surface area contributed by atoms with Gasteiger partial charge in [0, 0.05) is 20.0 Å². The van der Waals surface area contributed by atoms with E-state index in [0.29, 0.717) is 32.0 Å². The molecule has 0 radical (unpaired) electrons. The zero-order valence-corrected chi connectivity index (χ0v) is 12.9. The van der Waals surface area contributed by atoms with Gasteiger partial charge in [-0.1, -0.05) is 51.9 Å². The molecule has 0 aliphatic carbocycles. The molecule has 0 aromatic heterocycles. The Morgan fingerprint density at radius 2 is 1.42 bits per heavy atom. The van der Waals surface area contributed by atoms with Crippen LogP contribution in [0.25, 0.3) is 0 Å². The maximum Gasteiger partial charge on any atom is 0.135 e. The first kappa shape index (κ1) is 18.6. The van der Waals surface area contributed by atoms with E-state index in [-0.39, 0.29) is 0 Å². The van der Waals surface area contributed by atoms with Gasteiger partial charge < -0.3 is 9.47 Å². The number of methoxy groups -OCH3 is 1. The number of rotatable bonds is 15. The summed E-state index contributed by atoms with van der Waals surface area (Å²) in [7, 11) is 1.65. The summed E-state index contributed by atoms with van der Waals surface area (Å²) in [6, 6.07) is 0. The zero-order valence-electron chi connectivity index (χ0n) is 12.9. The number of unbranched alkanes of at least 4 members (excludes halogenated alkanes) is 7. The van der Waals surface area contributed by atoms with E-state index in [0.717, 1.165) is 12.8 Å². The molecule has 0 bridgehead atoms. The molecule has 0 N–H and O–H groups in total. The van der Waals surface area contributed by atoms with Crippen molar-refractivity contribution in [1.29, 1.82) is 0 Å². The summed E-state index contributed by atoms with van der Waals surface area (Å²) in [6.45, 7) is 3.97. The Hall–Kier alpha value is -0.410. The maximum atomic E-state index is 11.5. The summed E-state index contributed by atoms with van der Waals surface area (Å²) in [5.41, 5.74) is 0. The molecule has 0 unspecified atom stereocenters. The highest BCUT2D eigenvalue weighted by Gasteiger charge is 2.01. The van der Waals surface area contributed by atoms with Crippen LogP contribution >= 0.6 is 0 Å². The van der Waals surface area contributed by atoms with Gasteiger partial charge in [0.25, 0.3) is 0 Å². The highest BCUT2D eigenvalue weighted by Crippen LogP contribution is 2.10. The third-order valence-corrected chi connectivity index (χ3v) is 3.27. The second kappa shape index (κ2) is 15.6. The minimum atomic E-state index is 0.336.